The molecule has 6 unspecified atom stereocenters. The number of thiazole rings is 1. The Morgan fingerprint density at radius 2 is 1.71 bits per heavy atom. The van der Waals surface area contributed by atoms with Crippen molar-refractivity contribution in [3.8, 4) is 0 Å². The van der Waals surface area contributed by atoms with Crippen LogP contribution in [-0.4, -0.2) is 39.4 Å². The van der Waals surface area contributed by atoms with Crippen LogP contribution in [0.25, 0.3) is 10.8 Å². The van der Waals surface area contributed by atoms with E-state index in [-0.39, 0.29) is 52.2 Å². The zero-order valence-electron chi connectivity index (χ0n) is 21.9. The number of aromatic nitrogens is 1. The van der Waals surface area contributed by atoms with Crippen molar-refractivity contribution in [2.45, 2.75) is 22.6 Å². The Kier molecular flexibility index (Phi) is 6.13. The lowest BCUT2D eigenvalue weighted by Crippen LogP contribution is -2.42. The third-order valence-electron chi connectivity index (χ3n) is 9.47. The Labute approximate surface area is 258 Å². The van der Waals surface area contributed by atoms with Crippen LogP contribution in [0.15, 0.2) is 70.5 Å². The minimum Gasteiger partial charge on any atom is -0.325 e. The Morgan fingerprint density at radius 3 is 2.52 bits per heavy atom. The zero-order valence-corrected chi connectivity index (χ0v) is 25.0. The van der Waals surface area contributed by atoms with E-state index in [1.54, 1.807) is 17.8 Å². The number of imide groups is 1. The second kappa shape index (κ2) is 9.71. The van der Waals surface area contributed by atoms with E-state index >= 15 is 0 Å². The summed E-state index contributed by atoms with van der Waals surface area (Å²) in [5.41, 5.74) is 1.45. The fourth-order valence-corrected chi connectivity index (χ4v) is 11.3. The number of amides is 3. The number of likely N-dealkylation sites (tertiary alicyclic amines) is 1. The molecule has 2 N–H and O–H groups in total. The van der Waals surface area contributed by atoms with Crippen molar-refractivity contribution in [3.05, 3.63) is 90.8 Å². The number of anilines is 1. The lowest BCUT2D eigenvalue weighted by atomic mass is 9.68. The molecule has 2 saturated carbocycles. The molecule has 1 aromatic heterocycles. The van der Waals surface area contributed by atoms with E-state index in [9.17, 15) is 19.2 Å². The van der Waals surface area contributed by atoms with Crippen molar-refractivity contribution >= 4 is 80.5 Å². The molecular weight excluding hydrogens is 613 g/mol. The fraction of sp³-hybridized carbons (Fsp3) is 0.290. The Hall–Kier alpha value is -3.11. The van der Waals surface area contributed by atoms with Gasteiger partial charge in [-0.3, -0.25) is 24.1 Å². The Balaban J connectivity index is 1.09. The summed E-state index contributed by atoms with van der Waals surface area (Å²) in [5, 5.41) is 6.61. The molecule has 2 aliphatic carbocycles. The average molecular weight is 637 g/mol. The molecule has 3 fully saturated rings. The van der Waals surface area contributed by atoms with E-state index in [2.05, 4.69) is 10.3 Å². The fourth-order valence-electron chi connectivity index (χ4n) is 7.95. The molecule has 3 aromatic carbocycles. The maximum atomic E-state index is 13.9. The van der Waals surface area contributed by atoms with Crippen molar-refractivity contribution in [3.63, 3.8) is 0 Å². The first-order chi connectivity index (χ1) is 20.3. The monoisotopic (exact) mass is 635 g/mol. The molecule has 2 bridgehead atoms. The number of fused-ring (bicyclic) bond motifs is 10. The van der Waals surface area contributed by atoms with Gasteiger partial charge in [-0.15, -0.1) is 11.8 Å². The smallest absolute Gasteiger partial charge is 0.305 e. The van der Waals surface area contributed by atoms with E-state index < -0.39 is 17.7 Å². The van der Waals surface area contributed by atoms with Crippen molar-refractivity contribution in [1.82, 2.24) is 9.88 Å². The molecule has 42 heavy (non-hydrogen) atoms. The number of hydrogen-bond acceptors (Lipinski definition) is 6. The first kappa shape index (κ1) is 26.5. The number of H-pyrrole nitrogens is 1. The number of benzene rings is 3. The lowest BCUT2D eigenvalue weighted by molar-refractivity contribution is -0.143. The SMILES string of the molecule is O=C(CN1C(=O)C2C3CC(C2C1=O)C1C3Sc2[nH]c(=O)sc2[C@@H]1c1cccc(Cl)c1Cl)Nc1ccc2ccccc2c1. The highest BCUT2D eigenvalue weighted by molar-refractivity contribution is 8.00. The summed E-state index contributed by atoms with van der Waals surface area (Å²) in [4.78, 5) is 58.1. The second-order valence-electron chi connectivity index (χ2n) is 11.5. The molecule has 11 heteroatoms. The number of thioether (sulfide) groups is 1. The summed E-state index contributed by atoms with van der Waals surface area (Å²) in [7, 11) is 0. The van der Waals surface area contributed by atoms with Gasteiger partial charge in [0.2, 0.25) is 17.7 Å². The first-order valence-electron chi connectivity index (χ1n) is 13.8. The van der Waals surface area contributed by atoms with Crippen LogP contribution < -0.4 is 10.2 Å². The normalized spacial score (nSPS) is 29.1. The van der Waals surface area contributed by atoms with Gasteiger partial charge in [0.25, 0.3) is 0 Å². The molecule has 2 aliphatic heterocycles. The second-order valence-corrected chi connectivity index (χ2v) is 14.5. The van der Waals surface area contributed by atoms with Gasteiger partial charge in [0.1, 0.15) is 6.54 Å². The standard InChI is InChI=1S/C31H23Cl2N3O4S2/c32-19-7-3-6-16(25(19)33)21-22-17-11-18(26(22)41-28-27(21)42-31(40)35-28)24-23(17)29(38)36(30(24)39)12-20(37)34-15-9-8-13-4-1-2-5-14(13)10-15/h1-10,17-18,21-24,26H,11-12H2,(H,34,37)(H,35,40)/t17?,18?,21-,22?,23?,24?,26?/m1/s1. The largest absolute Gasteiger partial charge is 0.325 e. The Morgan fingerprint density at radius 1 is 0.952 bits per heavy atom. The number of nitrogens with zero attached hydrogens (tertiary/aromatic N) is 1. The molecule has 1 saturated heterocycles. The molecule has 8 rings (SSSR count). The van der Waals surface area contributed by atoms with Gasteiger partial charge in [0.05, 0.1) is 26.9 Å². The summed E-state index contributed by atoms with van der Waals surface area (Å²) >= 11 is 15.9. The summed E-state index contributed by atoms with van der Waals surface area (Å²) in [6.07, 6.45) is 0.750. The topological polar surface area (TPSA) is 99.3 Å². The molecule has 7 atom stereocenters. The number of hydrogen-bond donors (Lipinski definition) is 2. The van der Waals surface area contributed by atoms with Gasteiger partial charge >= 0.3 is 4.87 Å². The molecule has 7 nitrogen and oxygen atoms in total. The van der Waals surface area contributed by atoms with Gasteiger partial charge in [-0.25, -0.2) is 0 Å². The van der Waals surface area contributed by atoms with Gasteiger partial charge in [-0.05, 0) is 58.7 Å². The highest BCUT2D eigenvalue weighted by atomic mass is 35.5. The van der Waals surface area contributed by atoms with Gasteiger partial charge in [-0.2, -0.15) is 0 Å². The van der Waals surface area contributed by atoms with E-state index in [4.69, 9.17) is 23.2 Å². The van der Waals surface area contributed by atoms with Crippen LogP contribution in [-0.2, 0) is 14.4 Å². The molecule has 0 radical (unpaired) electrons. The molecular formula is C31H23Cl2N3O4S2. The zero-order chi connectivity index (χ0) is 28.9. The maximum Gasteiger partial charge on any atom is 0.305 e. The molecule has 3 amide bonds. The van der Waals surface area contributed by atoms with Gasteiger partial charge < -0.3 is 10.3 Å². The Bertz CT molecular complexity index is 1890. The molecule has 0 spiro atoms. The van der Waals surface area contributed by atoms with Crippen LogP contribution in [0.2, 0.25) is 10.0 Å². The number of carbonyl (C=O) groups is 3. The number of nitrogens with one attached hydrogen (secondary N) is 2. The highest BCUT2D eigenvalue weighted by Crippen LogP contribution is 2.69. The van der Waals surface area contributed by atoms with Crippen LogP contribution in [0.3, 0.4) is 0 Å². The molecule has 3 heterocycles. The maximum absolute atomic E-state index is 13.9. The predicted octanol–water partition coefficient (Wildman–Crippen LogP) is 6.01. The third-order valence-corrected chi connectivity index (χ3v) is 12.9. The molecule has 4 aliphatic rings. The number of carbonyl (C=O) groups excluding carboxylic acids is 3. The summed E-state index contributed by atoms with van der Waals surface area (Å²) in [6.45, 7) is -0.316. The summed E-state index contributed by atoms with van der Waals surface area (Å²) in [5.74, 6) is -2.25. The highest BCUT2D eigenvalue weighted by Gasteiger charge is 2.69. The van der Waals surface area contributed by atoms with Gasteiger partial charge in [-0.1, -0.05) is 77.0 Å². The number of halogens is 2. The lowest BCUT2D eigenvalue weighted by Gasteiger charge is -2.43. The van der Waals surface area contributed by atoms with E-state index in [1.807, 2.05) is 54.6 Å². The van der Waals surface area contributed by atoms with Crippen LogP contribution in [0.5, 0.6) is 0 Å². The van der Waals surface area contributed by atoms with E-state index in [1.165, 1.54) is 11.3 Å². The van der Waals surface area contributed by atoms with Crippen LogP contribution in [0.4, 0.5) is 5.69 Å². The predicted molar refractivity (Wildman–Crippen MR) is 164 cm³/mol. The summed E-state index contributed by atoms with van der Waals surface area (Å²) < 4.78 is 0. The number of aromatic amines is 1. The first-order valence-corrected chi connectivity index (χ1v) is 16.2. The third kappa shape index (κ3) is 3.86. The van der Waals surface area contributed by atoms with Crippen molar-refractivity contribution in [2.75, 3.05) is 11.9 Å². The van der Waals surface area contributed by atoms with Crippen LogP contribution in [0.1, 0.15) is 22.8 Å². The van der Waals surface area contributed by atoms with E-state index in [0.717, 1.165) is 37.6 Å². The van der Waals surface area contributed by atoms with E-state index in [0.29, 0.717) is 15.7 Å². The minimum atomic E-state index is -0.490. The van der Waals surface area contributed by atoms with Crippen molar-refractivity contribution in [1.29, 1.82) is 0 Å². The number of rotatable bonds is 4. The average Bonchev–Trinajstić information content (AvgIpc) is 3.71. The van der Waals surface area contributed by atoms with Crippen molar-refractivity contribution < 1.29 is 14.4 Å². The molecule has 212 valence electrons. The van der Waals surface area contributed by atoms with Crippen molar-refractivity contribution in [2.24, 2.45) is 29.6 Å². The van der Waals surface area contributed by atoms with Crippen LogP contribution in [0, 0.1) is 29.6 Å². The summed E-state index contributed by atoms with van der Waals surface area (Å²) in [6, 6.07) is 19.0. The van der Waals surface area contributed by atoms with Gasteiger partial charge in [0, 0.05) is 21.7 Å². The van der Waals surface area contributed by atoms with Crippen LogP contribution >= 0.6 is 46.3 Å². The minimum absolute atomic E-state index is 0.000655. The van der Waals surface area contributed by atoms with Gasteiger partial charge in [0.15, 0.2) is 0 Å². The quantitative estimate of drug-likeness (QED) is 0.268. The molecule has 4 aromatic rings.